The minimum absolute atomic E-state index is 0.0879. The summed E-state index contributed by atoms with van der Waals surface area (Å²) in [4.78, 5) is 18.6. The van der Waals surface area contributed by atoms with Crippen LogP contribution in [-0.4, -0.2) is 48.9 Å². The van der Waals surface area contributed by atoms with Gasteiger partial charge in [0.25, 0.3) is 5.91 Å². The molecule has 0 bridgehead atoms. The van der Waals surface area contributed by atoms with Crippen LogP contribution in [0.5, 0.6) is 5.75 Å². The molecule has 3 atom stereocenters. The van der Waals surface area contributed by atoms with Crippen LogP contribution >= 0.6 is 11.8 Å². The van der Waals surface area contributed by atoms with Gasteiger partial charge in [-0.15, -0.1) is 0 Å². The number of aliphatic imine (C=N–C) groups is 1. The molecule has 0 unspecified atom stereocenters. The lowest BCUT2D eigenvalue weighted by Gasteiger charge is -2.24. The number of ether oxygens (including phenoxy) is 1. The van der Waals surface area contributed by atoms with Gasteiger partial charge in [-0.1, -0.05) is 25.6 Å². The Hall–Kier alpha value is -1.54. The van der Waals surface area contributed by atoms with E-state index in [-0.39, 0.29) is 34.6 Å². The Morgan fingerprint density at radius 2 is 2.00 bits per heavy atom. The first-order valence-corrected chi connectivity index (χ1v) is 11.6. The molecule has 8 heteroatoms. The summed E-state index contributed by atoms with van der Waals surface area (Å²) in [6.45, 7) is 6.32. The monoisotopic (exact) mass is 396 g/mol. The van der Waals surface area contributed by atoms with Gasteiger partial charge in [-0.05, 0) is 37.6 Å². The van der Waals surface area contributed by atoms with E-state index in [0.717, 1.165) is 17.9 Å². The molecule has 0 N–H and O–H groups in total. The number of amides is 1. The molecule has 2 heterocycles. The fourth-order valence-electron chi connectivity index (χ4n) is 3.12. The first-order chi connectivity index (χ1) is 12.3. The van der Waals surface area contributed by atoms with E-state index in [9.17, 15) is 13.2 Å². The quantitative estimate of drug-likeness (QED) is 0.762. The molecular formula is C18H24N2O4S2. The van der Waals surface area contributed by atoms with Crippen molar-refractivity contribution in [3.63, 3.8) is 0 Å². The molecule has 0 radical (unpaired) electrons. The first kappa shape index (κ1) is 19.2. The van der Waals surface area contributed by atoms with Crippen molar-refractivity contribution >= 4 is 38.4 Å². The van der Waals surface area contributed by atoms with Crippen LogP contribution in [0.4, 0.5) is 5.69 Å². The van der Waals surface area contributed by atoms with E-state index in [1.54, 1.807) is 0 Å². The van der Waals surface area contributed by atoms with Gasteiger partial charge < -0.3 is 9.64 Å². The van der Waals surface area contributed by atoms with Gasteiger partial charge in [-0.2, -0.15) is 4.99 Å². The summed E-state index contributed by atoms with van der Waals surface area (Å²) in [7, 11) is -3.06. The van der Waals surface area contributed by atoms with Crippen molar-refractivity contribution in [1.82, 2.24) is 0 Å². The number of carbonyl (C=O) groups excluding carboxylic acids is 1. The van der Waals surface area contributed by atoms with Crippen LogP contribution in [0.25, 0.3) is 0 Å². The second-order valence-electron chi connectivity index (χ2n) is 6.64. The number of fused-ring (bicyclic) bond motifs is 1. The zero-order valence-electron chi connectivity index (χ0n) is 15.2. The van der Waals surface area contributed by atoms with Gasteiger partial charge in [0.15, 0.2) is 15.0 Å². The van der Waals surface area contributed by atoms with E-state index in [1.165, 1.54) is 11.8 Å². The Kier molecular flexibility index (Phi) is 5.62. The van der Waals surface area contributed by atoms with Crippen molar-refractivity contribution in [2.24, 2.45) is 10.9 Å². The molecule has 26 heavy (non-hydrogen) atoms. The third-order valence-corrected chi connectivity index (χ3v) is 7.94. The van der Waals surface area contributed by atoms with Crippen LogP contribution in [0.3, 0.4) is 0 Å². The average molecular weight is 397 g/mol. The topological polar surface area (TPSA) is 76.0 Å². The summed E-state index contributed by atoms with van der Waals surface area (Å²) in [5.74, 6) is 0.678. The van der Waals surface area contributed by atoms with Gasteiger partial charge >= 0.3 is 0 Å². The molecule has 2 saturated heterocycles. The summed E-state index contributed by atoms with van der Waals surface area (Å²) >= 11 is 1.40. The number of sulfone groups is 1. The van der Waals surface area contributed by atoms with Crippen molar-refractivity contribution in [3.8, 4) is 5.75 Å². The highest BCUT2D eigenvalue weighted by molar-refractivity contribution is 8.16. The zero-order chi connectivity index (χ0) is 18.9. The van der Waals surface area contributed by atoms with Crippen LogP contribution in [0.2, 0.25) is 0 Å². The number of benzene rings is 1. The molecule has 1 aromatic rings. The van der Waals surface area contributed by atoms with Crippen molar-refractivity contribution in [2.45, 2.75) is 38.5 Å². The second-order valence-corrected chi connectivity index (χ2v) is 10.00. The van der Waals surface area contributed by atoms with Crippen molar-refractivity contribution in [3.05, 3.63) is 24.3 Å². The van der Waals surface area contributed by atoms with Gasteiger partial charge in [0.2, 0.25) is 0 Å². The molecule has 142 valence electrons. The highest BCUT2D eigenvalue weighted by Gasteiger charge is 2.49. The molecule has 2 fully saturated rings. The number of thioether (sulfide) groups is 1. The van der Waals surface area contributed by atoms with Crippen LogP contribution in [0, 0.1) is 5.92 Å². The highest BCUT2D eigenvalue weighted by atomic mass is 32.2. The number of anilines is 1. The lowest BCUT2D eigenvalue weighted by molar-refractivity contribution is -0.121. The number of hydrogen-bond acceptors (Lipinski definition) is 5. The summed E-state index contributed by atoms with van der Waals surface area (Å²) in [6.07, 6.45) is 0.727. The molecule has 0 saturated carbocycles. The van der Waals surface area contributed by atoms with E-state index >= 15 is 0 Å². The largest absolute Gasteiger partial charge is 0.494 e. The van der Waals surface area contributed by atoms with E-state index in [0.29, 0.717) is 11.8 Å². The van der Waals surface area contributed by atoms with Gasteiger partial charge in [-0.3, -0.25) is 4.79 Å². The summed E-state index contributed by atoms with van der Waals surface area (Å²) in [5, 5.41) is 0.513. The molecule has 3 rings (SSSR count). The Morgan fingerprint density at radius 1 is 1.31 bits per heavy atom. The maximum Gasteiger partial charge on any atom is 0.250 e. The number of hydrogen-bond donors (Lipinski definition) is 0. The Balaban J connectivity index is 1.94. The SMILES string of the molecule is CCOc1ccc(N2C(=NC(=O)[C@H](C)CC)S[C@H]3CS(=O)(=O)C[C@@H]32)cc1. The lowest BCUT2D eigenvalue weighted by Crippen LogP contribution is -2.37. The molecule has 2 aliphatic heterocycles. The zero-order valence-corrected chi connectivity index (χ0v) is 16.8. The third kappa shape index (κ3) is 3.91. The van der Waals surface area contributed by atoms with E-state index < -0.39 is 9.84 Å². The highest BCUT2D eigenvalue weighted by Crippen LogP contribution is 2.41. The van der Waals surface area contributed by atoms with Crippen LogP contribution in [-0.2, 0) is 14.6 Å². The minimum Gasteiger partial charge on any atom is -0.494 e. The second kappa shape index (κ2) is 7.60. The first-order valence-electron chi connectivity index (χ1n) is 8.86. The summed E-state index contributed by atoms with van der Waals surface area (Å²) in [6, 6.07) is 7.30. The molecule has 1 aromatic carbocycles. The Bertz CT molecular complexity index is 805. The molecular weight excluding hydrogens is 372 g/mol. The van der Waals surface area contributed by atoms with Crippen LogP contribution in [0.1, 0.15) is 27.2 Å². The molecule has 1 amide bonds. The smallest absolute Gasteiger partial charge is 0.250 e. The normalized spacial score (nSPS) is 26.7. The molecule has 2 aliphatic rings. The number of carbonyl (C=O) groups is 1. The predicted molar refractivity (Wildman–Crippen MR) is 106 cm³/mol. The molecule has 0 spiro atoms. The van der Waals surface area contributed by atoms with Gasteiger partial charge in [0, 0.05) is 16.9 Å². The average Bonchev–Trinajstić information content (AvgIpc) is 3.06. The van der Waals surface area contributed by atoms with Crippen molar-refractivity contribution in [1.29, 1.82) is 0 Å². The van der Waals surface area contributed by atoms with Crippen LogP contribution < -0.4 is 9.64 Å². The summed E-state index contributed by atoms with van der Waals surface area (Å²) in [5.41, 5.74) is 0.834. The number of rotatable bonds is 5. The van der Waals surface area contributed by atoms with Gasteiger partial charge in [0.05, 0.1) is 24.2 Å². The minimum atomic E-state index is -3.06. The standard InChI is InChI=1S/C18H24N2O4S2/c1-4-12(3)17(21)19-18-20(13-6-8-14(9-7-13)24-5-2)15-10-26(22,23)11-16(15)25-18/h6-9,12,15-16H,4-5,10-11H2,1-3H3/t12-,15+,16+/m1/s1. The van der Waals surface area contributed by atoms with E-state index in [2.05, 4.69) is 4.99 Å². The summed E-state index contributed by atoms with van der Waals surface area (Å²) < 4.78 is 29.6. The lowest BCUT2D eigenvalue weighted by atomic mass is 10.1. The Labute approximate surface area is 158 Å². The van der Waals surface area contributed by atoms with Crippen molar-refractivity contribution in [2.75, 3.05) is 23.0 Å². The number of nitrogens with zero attached hydrogens (tertiary/aromatic N) is 2. The fraction of sp³-hybridized carbons (Fsp3) is 0.556. The number of amidine groups is 1. The van der Waals surface area contributed by atoms with Crippen molar-refractivity contribution < 1.29 is 17.9 Å². The van der Waals surface area contributed by atoms with Gasteiger partial charge in [-0.25, -0.2) is 8.42 Å². The predicted octanol–water partition coefficient (Wildman–Crippen LogP) is 2.73. The Morgan fingerprint density at radius 3 is 2.62 bits per heavy atom. The fourth-order valence-corrected chi connectivity index (χ4v) is 7.03. The molecule has 6 nitrogen and oxygen atoms in total. The van der Waals surface area contributed by atoms with Crippen LogP contribution in [0.15, 0.2) is 29.3 Å². The molecule has 0 aliphatic carbocycles. The van der Waals surface area contributed by atoms with Gasteiger partial charge in [0.1, 0.15) is 5.75 Å². The maximum absolute atomic E-state index is 12.3. The molecule has 0 aromatic heterocycles. The van der Waals surface area contributed by atoms with E-state index in [1.807, 2.05) is 49.9 Å². The maximum atomic E-state index is 12.3. The third-order valence-electron chi connectivity index (χ3n) is 4.73. The van der Waals surface area contributed by atoms with E-state index in [4.69, 9.17) is 4.74 Å².